The quantitative estimate of drug-likeness (QED) is 0.897. The molecule has 2 nitrogen and oxygen atoms in total. The topological polar surface area (TPSA) is 37.3 Å². The molecule has 1 aliphatic carbocycles. The van der Waals surface area contributed by atoms with Crippen LogP contribution >= 0.6 is 0 Å². The molecule has 0 radical (unpaired) electrons. The van der Waals surface area contributed by atoms with E-state index in [1.54, 1.807) is 6.26 Å². The van der Waals surface area contributed by atoms with Gasteiger partial charge in [0.15, 0.2) is 0 Å². The molecule has 0 aliphatic heterocycles. The molecule has 1 aliphatic rings. The van der Waals surface area contributed by atoms with Gasteiger partial charge < -0.3 is 5.11 Å². The third-order valence-corrected chi connectivity index (χ3v) is 4.27. The lowest BCUT2D eigenvalue weighted by Gasteiger charge is -2.24. The van der Waals surface area contributed by atoms with Crippen LogP contribution in [0.25, 0.3) is 11.1 Å². The molecular formula is C15H14O2S. The molecule has 92 valence electrons. The van der Waals surface area contributed by atoms with Crippen molar-refractivity contribution >= 4 is 10.8 Å². The Morgan fingerprint density at radius 3 is 1.89 bits per heavy atom. The van der Waals surface area contributed by atoms with Crippen LogP contribution in [0.2, 0.25) is 0 Å². The SMILES string of the molecule is CS(=O)CC1(O)c2ccccc2-c2ccccc21. The minimum Gasteiger partial charge on any atom is -0.379 e. The second-order valence-electron chi connectivity index (χ2n) is 4.67. The Bertz CT molecular complexity index is 588. The Balaban J connectivity index is 2.30. The van der Waals surface area contributed by atoms with Crippen LogP contribution in [0.1, 0.15) is 11.1 Å². The van der Waals surface area contributed by atoms with Gasteiger partial charge in [0, 0.05) is 17.1 Å². The zero-order valence-corrected chi connectivity index (χ0v) is 10.9. The first-order valence-corrected chi connectivity index (χ1v) is 7.57. The maximum absolute atomic E-state index is 11.6. The van der Waals surface area contributed by atoms with Crippen LogP contribution in [0.15, 0.2) is 48.5 Å². The van der Waals surface area contributed by atoms with Gasteiger partial charge in [-0.15, -0.1) is 0 Å². The number of hydrogen-bond donors (Lipinski definition) is 1. The number of hydrogen-bond acceptors (Lipinski definition) is 2. The van der Waals surface area contributed by atoms with Crippen molar-refractivity contribution in [3.05, 3.63) is 59.7 Å². The first-order chi connectivity index (χ1) is 8.63. The van der Waals surface area contributed by atoms with E-state index in [1.807, 2.05) is 48.5 Å². The highest BCUT2D eigenvalue weighted by molar-refractivity contribution is 7.84. The largest absolute Gasteiger partial charge is 0.379 e. The molecule has 0 heterocycles. The maximum Gasteiger partial charge on any atom is 0.127 e. The summed E-state index contributed by atoms with van der Waals surface area (Å²) >= 11 is 0. The average Bonchev–Trinajstić information content (AvgIpc) is 2.61. The van der Waals surface area contributed by atoms with E-state index in [2.05, 4.69) is 0 Å². The van der Waals surface area contributed by atoms with Crippen molar-refractivity contribution in [2.75, 3.05) is 12.0 Å². The molecule has 0 amide bonds. The van der Waals surface area contributed by atoms with Crippen LogP contribution < -0.4 is 0 Å². The highest BCUT2D eigenvalue weighted by Crippen LogP contribution is 2.47. The first kappa shape index (κ1) is 11.6. The summed E-state index contributed by atoms with van der Waals surface area (Å²) in [6.07, 6.45) is 1.63. The van der Waals surface area contributed by atoms with E-state index >= 15 is 0 Å². The summed E-state index contributed by atoms with van der Waals surface area (Å²) in [5.74, 6) is 0.237. The average molecular weight is 258 g/mol. The van der Waals surface area contributed by atoms with Gasteiger partial charge in [0.25, 0.3) is 0 Å². The molecule has 0 aromatic heterocycles. The molecule has 0 saturated carbocycles. The Kier molecular flexibility index (Phi) is 2.61. The number of aliphatic hydroxyl groups is 1. The summed E-state index contributed by atoms with van der Waals surface area (Å²) in [6.45, 7) is 0. The number of rotatable bonds is 2. The van der Waals surface area contributed by atoms with Gasteiger partial charge in [0.05, 0.1) is 5.75 Å². The lowest BCUT2D eigenvalue weighted by molar-refractivity contribution is 0.112. The van der Waals surface area contributed by atoms with E-state index in [0.29, 0.717) is 0 Å². The van der Waals surface area contributed by atoms with Gasteiger partial charge in [-0.25, -0.2) is 0 Å². The van der Waals surface area contributed by atoms with Gasteiger partial charge in [-0.2, -0.15) is 0 Å². The van der Waals surface area contributed by atoms with Gasteiger partial charge >= 0.3 is 0 Å². The Morgan fingerprint density at radius 2 is 1.44 bits per heavy atom. The fraction of sp³-hybridized carbons (Fsp3) is 0.200. The fourth-order valence-electron chi connectivity index (χ4n) is 2.75. The number of benzene rings is 2. The lowest BCUT2D eigenvalue weighted by Crippen LogP contribution is -2.31. The van der Waals surface area contributed by atoms with Crippen LogP contribution in [0.4, 0.5) is 0 Å². The molecule has 18 heavy (non-hydrogen) atoms. The van der Waals surface area contributed by atoms with Gasteiger partial charge in [0.1, 0.15) is 5.60 Å². The third-order valence-electron chi connectivity index (χ3n) is 3.45. The van der Waals surface area contributed by atoms with Crippen LogP contribution in [-0.4, -0.2) is 21.3 Å². The summed E-state index contributed by atoms with van der Waals surface area (Å²) in [4.78, 5) is 0. The molecule has 1 unspecified atom stereocenters. The molecule has 0 saturated heterocycles. The predicted molar refractivity (Wildman–Crippen MR) is 73.8 cm³/mol. The van der Waals surface area contributed by atoms with Crippen LogP contribution in [0, 0.1) is 0 Å². The Labute approximate surface area is 109 Å². The molecule has 2 aromatic rings. The van der Waals surface area contributed by atoms with Gasteiger partial charge in [-0.3, -0.25) is 4.21 Å². The van der Waals surface area contributed by atoms with E-state index in [1.165, 1.54) is 0 Å². The highest BCUT2D eigenvalue weighted by atomic mass is 32.2. The molecule has 1 N–H and O–H groups in total. The molecule has 1 atom stereocenters. The zero-order valence-electron chi connectivity index (χ0n) is 10.1. The number of fused-ring (bicyclic) bond motifs is 3. The smallest absolute Gasteiger partial charge is 0.127 e. The van der Waals surface area contributed by atoms with Crippen molar-refractivity contribution in [1.82, 2.24) is 0 Å². The summed E-state index contributed by atoms with van der Waals surface area (Å²) in [6, 6.07) is 15.6. The first-order valence-electron chi connectivity index (χ1n) is 5.85. The predicted octanol–water partition coefficient (Wildman–Crippen LogP) is 2.28. The van der Waals surface area contributed by atoms with Crippen LogP contribution in [0.5, 0.6) is 0 Å². The van der Waals surface area contributed by atoms with Crippen LogP contribution in [0.3, 0.4) is 0 Å². The van der Waals surface area contributed by atoms with Crippen molar-refractivity contribution < 1.29 is 9.32 Å². The zero-order chi connectivity index (χ0) is 12.8. The maximum atomic E-state index is 11.6. The summed E-state index contributed by atoms with van der Waals surface area (Å²) in [7, 11) is -1.06. The summed E-state index contributed by atoms with van der Waals surface area (Å²) in [5.41, 5.74) is 2.69. The Hall–Kier alpha value is -1.45. The molecule has 3 rings (SSSR count). The second-order valence-corrected chi connectivity index (χ2v) is 6.10. The monoisotopic (exact) mass is 258 g/mol. The molecule has 0 spiro atoms. The Morgan fingerprint density at radius 1 is 1.00 bits per heavy atom. The van der Waals surface area contributed by atoms with E-state index in [4.69, 9.17) is 0 Å². The fourth-order valence-corrected chi connectivity index (χ4v) is 3.65. The van der Waals surface area contributed by atoms with Crippen molar-refractivity contribution in [1.29, 1.82) is 0 Å². The van der Waals surface area contributed by atoms with Crippen molar-refractivity contribution in [3.8, 4) is 11.1 Å². The van der Waals surface area contributed by atoms with Crippen molar-refractivity contribution in [2.24, 2.45) is 0 Å². The normalized spacial score (nSPS) is 17.0. The van der Waals surface area contributed by atoms with Gasteiger partial charge in [-0.05, 0) is 22.3 Å². The third kappa shape index (κ3) is 1.55. The molecule has 2 aromatic carbocycles. The van der Waals surface area contributed by atoms with Crippen molar-refractivity contribution in [2.45, 2.75) is 5.60 Å². The van der Waals surface area contributed by atoms with E-state index in [0.717, 1.165) is 22.3 Å². The molecular weight excluding hydrogens is 244 g/mol. The molecule has 3 heteroatoms. The highest BCUT2D eigenvalue weighted by Gasteiger charge is 2.41. The van der Waals surface area contributed by atoms with Gasteiger partial charge in [-0.1, -0.05) is 48.5 Å². The van der Waals surface area contributed by atoms with Gasteiger partial charge in [0.2, 0.25) is 0 Å². The van der Waals surface area contributed by atoms with E-state index in [-0.39, 0.29) is 5.75 Å². The minimum atomic E-state index is -1.12. The summed E-state index contributed by atoms with van der Waals surface area (Å²) < 4.78 is 11.6. The van der Waals surface area contributed by atoms with E-state index in [9.17, 15) is 9.32 Å². The van der Waals surface area contributed by atoms with Crippen molar-refractivity contribution in [3.63, 3.8) is 0 Å². The standard InChI is InChI=1S/C15H14O2S/c1-18(17)10-15(16)13-8-4-2-6-11(13)12-7-3-5-9-14(12)15/h2-9,16H,10H2,1H3. The molecule has 0 fully saturated rings. The summed E-state index contributed by atoms with van der Waals surface area (Å²) in [5, 5.41) is 11.0. The van der Waals surface area contributed by atoms with Crippen LogP contribution in [-0.2, 0) is 16.4 Å². The second kappa shape index (κ2) is 4.04. The van der Waals surface area contributed by atoms with E-state index < -0.39 is 16.4 Å². The molecule has 0 bridgehead atoms. The minimum absolute atomic E-state index is 0.237. The lowest BCUT2D eigenvalue weighted by atomic mass is 9.94.